The highest BCUT2D eigenvalue weighted by Gasteiger charge is 2.46. The third-order valence-corrected chi connectivity index (χ3v) is 7.21. The number of likely N-dealkylation sites (tertiary alicyclic amines) is 1. The van der Waals surface area contributed by atoms with Crippen LogP contribution >= 0.6 is 0 Å². The predicted molar refractivity (Wildman–Crippen MR) is 151 cm³/mol. The summed E-state index contributed by atoms with van der Waals surface area (Å²) in [6, 6.07) is 12.1. The van der Waals surface area contributed by atoms with E-state index in [-0.39, 0.29) is 36.2 Å². The third kappa shape index (κ3) is 8.68. The van der Waals surface area contributed by atoms with Gasteiger partial charge in [-0.25, -0.2) is 18.6 Å². The molecule has 3 heterocycles. The average molecular weight is 594 g/mol. The number of nitrogens with zero attached hydrogens (tertiary/aromatic N) is 3. The topological polar surface area (TPSA) is 135 Å². The van der Waals surface area contributed by atoms with E-state index in [1.54, 1.807) is 30.5 Å². The van der Waals surface area contributed by atoms with Gasteiger partial charge in [-0.1, -0.05) is 42.3 Å². The molecule has 1 aromatic carbocycles. The molecule has 4 rings (SSSR count). The van der Waals surface area contributed by atoms with Crippen molar-refractivity contribution in [3.8, 4) is 11.1 Å². The zero-order chi connectivity index (χ0) is 29.9. The average Bonchev–Trinajstić information content (AvgIpc) is 3.35. The van der Waals surface area contributed by atoms with Crippen molar-refractivity contribution in [1.29, 1.82) is 0 Å². The largest absolute Gasteiger partial charge is 0.364 e. The summed E-state index contributed by atoms with van der Waals surface area (Å²) in [5, 5.41) is 12.4. The summed E-state index contributed by atoms with van der Waals surface area (Å²) in [6.07, 6.45) is 1.72. The second-order valence-corrected chi connectivity index (χ2v) is 12.8. The molecule has 3 N–H and O–H groups in total. The molecule has 3 aromatic rings. The summed E-state index contributed by atoms with van der Waals surface area (Å²) >= 11 is 0. The number of pyridine rings is 1. The normalized spacial score (nSPS) is 16.6. The Kier molecular flexibility index (Phi) is 8.66. The number of nitrogens with one attached hydrogen (secondary N) is 3. The number of hydroxylamine groups is 3. The molecule has 0 radical (unpaired) electrons. The lowest BCUT2D eigenvalue weighted by Gasteiger charge is -2.39. The Hall–Kier alpha value is -3.62. The molecule has 11 nitrogen and oxygen atoms in total. The molecule has 0 saturated carbocycles. The molecule has 2 aromatic heterocycles. The summed E-state index contributed by atoms with van der Waals surface area (Å²) in [6.45, 7) is 6.22. The van der Waals surface area contributed by atoms with Crippen molar-refractivity contribution in [2.24, 2.45) is 0 Å². The number of alkyl halides is 2. The standard InChI is InChI=1S/C27H34F2N6O5S/c1-26(2,3)22-17-24(34-39-22)33-25(36)32-21-8-5-19(6-9-21)20-7-10-23(31-18-20)30-13-16-35(40-41(4,37)38)14-11-27(28,29)12-15-35/h5-10,17-18H,11-16H2,1-4H3,(H2-,30,31,32,33,34,36)/p+1. The number of carbonyl (C=O) groups is 1. The van der Waals surface area contributed by atoms with E-state index in [1.165, 1.54) is 0 Å². The number of anilines is 3. The number of amides is 2. The molecule has 1 aliphatic rings. The summed E-state index contributed by atoms with van der Waals surface area (Å²) in [7, 11) is -3.83. The first-order valence-corrected chi connectivity index (χ1v) is 14.9. The Balaban J connectivity index is 1.29. The number of hydrogen-bond donors (Lipinski definition) is 3. The molecule has 1 saturated heterocycles. The van der Waals surface area contributed by atoms with Crippen molar-refractivity contribution in [3.05, 3.63) is 54.4 Å². The third-order valence-electron chi connectivity index (χ3n) is 6.62. The van der Waals surface area contributed by atoms with Gasteiger partial charge < -0.3 is 15.2 Å². The van der Waals surface area contributed by atoms with Crippen LogP contribution in [0.3, 0.4) is 0 Å². The van der Waals surface area contributed by atoms with E-state index in [2.05, 4.69) is 26.1 Å². The van der Waals surface area contributed by atoms with Gasteiger partial charge in [0.15, 0.2) is 5.82 Å². The van der Waals surface area contributed by atoms with Crippen molar-refractivity contribution in [2.45, 2.75) is 45.0 Å². The lowest BCUT2D eigenvalue weighted by molar-refractivity contribution is -1.08. The molecule has 0 spiro atoms. The Morgan fingerprint density at radius 3 is 2.27 bits per heavy atom. The minimum Gasteiger partial charge on any atom is -0.364 e. The summed E-state index contributed by atoms with van der Waals surface area (Å²) in [5.41, 5.74) is 2.07. The van der Waals surface area contributed by atoms with Crippen molar-refractivity contribution in [3.63, 3.8) is 0 Å². The fourth-order valence-corrected chi connectivity index (χ4v) is 5.16. The van der Waals surface area contributed by atoms with E-state index in [1.807, 2.05) is 39.0 Å². The minimum absolute atomic E-state index is 0.0982. The van der Waals surface area contributed by atoms with Crippen molar-refractivity contribution >= 4 is 33.5 Å². The van der Waals surface area contributed by atoms with Crippen molar-refractivity contribution < 1.29 is 35.4 Å². The Morgan fingerprint density at radius 2 is 1.71 bits per heavy atom. The zero-order valence-corrected chi connectivity index (χ0v) is 24.2. The van der Waals surface area contributed by atoms with E-state index in [0.717, 1.165) is 17.4 Å². The molecule has 1 fully saturated rings. The summed E-state index contributed by atoms with van der Waals surface area (Å²) in [4.78, 5) is 16.7. The molecule has 0 atom stereocenters. The first kappa shape index (κ1) is 30.3. The van der Waals surface area contributed by atoms with Gasteiger partial charge >= 0.3 is 16.1 Å². The number of halogens is 2. The SMILES string of the molecule is CC(C)(C)c1cc(NC(=O)Nc2ccc(-c3ccc(NCC[N+]4(OS(C)(=O)=O)CCC(F)(F)CC4)nc3)cc2)no1. The van der Waals surface area contributed by atoms with Crippen LogP contribution in [0.4, 0.5) is 30.9 Å². The maximum atomic E-state index is 13.7. The second-order valence-electron chi connectivity index (χ2n) is 11.2. The predicted octanol–water partition coefficient (Wildman–Crippen LogP) is 5.23. The summed E-state index contributed by atoms with van der Waals surface area (Å²) < 4.78 is 61.0. The van der Waals surface area contributed by atoms with Gasteiger partial charge in [-0.15, -0.1) is 0 Å². The number of urea groups is 1. The highest BCUT2D eigenvalue weighted by Crippen LogP contribution is 2.33. The fraction of sp³-hybridized carbons (Fsp3) is 0.444. The van der Waals surface area contributed by atoms with Crippen LogP contribution in [0.1, 0.15) is 39.4 Å². The molecule has 0 bridgehead atoms. The first-order chi connectivity index (χ1) is 19.1. The van der Waals surface area contributed by atoms with Crippen LogP contribution in [-0.4, -0.2) is 67.6 Å². The minimum atomic E-state index is -3.83. The van der Waals surface area contributed by atoms with Gasteiger partial charge in [-0.3, -0.25) is 5.32 Å². The molecule has 41 heavy (non-hydrogen) atoms. The molecular formula is C27H35F2N6O5S+. The summed E-state index contributed by atoms with van der Waals surface area (Å²) in [5.74, 6) is -1.29. The maximum Gasteiger partial charge on any atom is 0.324 e. The number of carbonyl (C=O) groups excluding carboxylic acids is 1. The van der Waals surface area contributed by atoms with Gasteiger partial charge in [0.1, 0.15) is 31.2 Å². The highest BCUT2D eigenvalue weighted by atomic mass is 32.2. The van der Waals surface area contributed by atoms with Crippen LogP contribution in [0.2, 0.25) is 0 Å². The Morgan fingerprint density at radius 1 is 1.05 bits per heavy atom. The number of piperidine rings is 1. The van der Waals surface area contributed by atoms with Crippen LogP contribution in [0.25, 0.3) is 11.1 Å². The smallest absolute Gasteiger partial charge is 0.324 e. The van der Waals surface area contributed by atoms with E-state index in [9.17, 15) is 22.0 Å². The molecule has 2 amide bonds. The van der Waals surface area contributed by atoms with E-state index in [0.29, 0.717) is 23.1 Å². The zero-order valence-electron chi connectivity index (χ0n) is 23.4. The van der Waals surface area contributed by atoms with Crippen LogP contribution in [0.5, 0.6) is 0 Å². The molecule has 1 aliphatic heterocycles. The van der Waals surface area contributed by atoms with E-state index < -0.39 is 34.9 Å². The van der Waals surface area contributed by atoms with Gasteiger partial charge in [0, 0.05) is 28.9 Å². The maximum absolute atomic E-state index is 13.7. The van der Waals surface area contributed by atoms with Crippen LogP contribution in [0.15, 0.2) is 53.2 Å². The number of rotatable bonds is 9. The molecule has 14 heteroatoms. The van der Waals surface area contributed by atoms with Crippen molar-refractivity contribution in [2.75, 3.05) is 48.4 Å². The quantitative estimate of drug-likeness (QED) is 0.287. The lowest BCUT2D eigenvalue weighted by atomic mass is 9.93. The monoisotopic (exact) mass is 593 g/mol. The number of quaternary nitrogens is 1. The highest BCUT2D eigenvalue weighted by molar-refractivity contribution is 7.85. The number of aromatic nitrogens is 2. The molecule has 222 valence electrons. The lowest BCUT2D eigenvalue weighted by Crippen LogP contribution is -2.57. The van der Waals surface area contributed by atoms with Gasteiger partial charge in [0.2, 0.25) is 0 Å². The Labute approximate surface area is 237 Å². The number of hydrogen-bond acceptors (Lipinski definition) is 8. The number of benzene rings is 1. The van der Waals surface area contributed by atoms with Crippen LogP contribution in [-0.2, 0) is 19.8 Å². The molecule has 0 aliphatic carbocycles. The molecule has 0 unspecified atom stereocenters. The van der Waals surface area contributed by atoms with Gasteiger partial charge in [0.05, 0.1) is 25.6 Å². The van der Waals surface area contributed by atoms with Crippen molar-refractivity contribution in [1.82, 2.24) is 10.1 Å². The Bertz CT molecular complexity index is 1440. The van der Waals surface area contributed by atoms with E-state index in [4.69, 9.17) is 8.81 Å². The van der Waals surface area contributed by atoms with Crippen LogP contribution < -0.4 is 16.0 Å². The van der Waals surface area contributed by atoms with Gasteiger partial charge in [0.25, 0.3) is 5.92 Å². The fourth-order valence-electron chi connectivity index (χ4n) is 4.36. The van der Waals surface area contributed by atoms with Gasteiger partial charge in [-0.05, 0) is 29.8 Å². The first-order valence-electron chi connectivity index (χ1n) is 13.1. The second kappa shape index (κ2) is 11.7. The van der Waals surface area contributed by atoms with Gasteiger partial charge in [-0.2, -0.15) is 13.1 Å². The molecular weight excluding hydrogens is 558 g/mol. The van der Waals surface area contributed by atoms with Crippen LogP contribution in [0, 0.1) is 0 Å². The van der Waals surface area contributed by atoms with E-state index >= 15 is 0 Å².